The largest absolute Gasteiger partial charge is 0.485 e. The highest BCUT2D eigenvalue weighted by Gasteiger charge is 2.29. The summed E-state index contributed by atoms with van der Waals surface area (Å²) < 4.78 is 16.1. The zero-order chi connectivity index (χ0) is 18.5. The molecule has 0 spiro atoms. The highest BCUT2D eigenvalue weighted by molar-refractivity contribution is 5.94. The summed E-state index contributed by atoms with van der Waals surface area (Å²) in [4.78, 5) is 24.3. The normalized spacial score (nSPS) is 15.2. The van der Waals surface area contributed by atoms with E-state index < -0.39 is 12.1 Å². The molecular formula is C20H21NO5. The number of ether oxygens (including phenoxy) is 3. The van der Waals surface area contributed by atoms with Crippen LogP contribution in [0.4, 0.5) is 5.69 Å². The maximum atomic E-state index is 12.2. The van der Waals surface area contributed by atoms with Gasteiger partial charge in [0.15, 0.2) is 18.1 Å². The summed E-state index contributed by atoms with van der Waals surface area (Å²) in [5.41, 5.74) is 2.76. The fraction of sp³-hybridized carbons (Fsp3) is 0.300. The number of amides is 1. The van der Waals surface area contributed by atoms with Gasteiger partial charge in [0.2, 0.25) is 6.10 Å². The maximum absolute atomic E-state index is 12.2. The number of esters is 1. The molecule has 2 aromatic carbocycles. The Bertz CT molecular complexity index is 818. The second kappa shape index (κ2) is 7.91. The predicted molar refractivity (Wildman–Crippen MR) is 96.5 cm³/mol. The quantitative estimate of drug-likeness (QED) is 0.835. The minimum absolute atomic E-state index is 0.0508. The van der Waals surface area contributed by atoms with E-state index in [0.29, 0.717) is 11.5 Å². The summed E-state index contributed by atoms with van der Waals surface area (Å²) in [5, 5.41) is 2.82. The second-order valence-electron chi connectivity index (χ2n) is 5.98. The van der Waals surface area contributed by atoms with Crippen molar-refractivity contribution in [2.24, 2.45) is 0 Å². The highest BCUT2D eigenvalue weighted by atomic mass is 16.6. The Labute approximate surface area is 152 Å². The van der Waals surface area contributed by atoms with E-state index in [1.54, 1.807) is 18.2 Å². The van der Waals surface area contributed by atoms with Crippen LogP contribution in [0.15, 0.2) is 42.5 Å². The average Bonchev–Trinajstić information content (AvgIpc) is 2.67. The van der Waals surface area contributed by atoms with Crippen molar-refractivity contribution in [2.45, 2.75) is 26.4 Å². The van der Waals surface area contributed by atoms with Crippen molar-refractivity contribution in [3.05, 3.63) is 53.6 Å². The van der Waals surface area contributed by atoms with Gasteiger partial charge in [0.1, 0.15) is 6.61 Å². The molecule has 0 bridgehead atoms. The van der Waals surface area contributed by atoms with E-state index in [4.69, 9.17) is 14.2 Å². The summed E-state index contributed by atoms with van der Waals surface area (Å²) >= 11 is 0. The molecule has 136 valence electrons. The Morgan fingerprint density at radius 3 is 2.69 bits per heavy atom. The lowest BCUT2D eigenvalue weighted by molar-refractivity contribution is -0.156. The number of fused-ring (bicyclic) bond motifs is 1. The van der Waals surface area contributed by atoms with E-state index in [1.807, 2.05) is 38.1 Å². The molecule has 0 saturated heterocycles. The molecule has 26 heavy (non-hydrogen) atoms. The molecule has 2 aromatic rings. The Balaban J connectivity index is 1.55. The molecule has 0 aromatic heterocycles. The van der Waals surface area contributed by atoms with Gasteiger partial charge in [-0.25, -0.2) is 4.79 Å². The topological polar surface area (TPSA) is 73.9 Å². The first-order valence-corrected chi connectivity index (χ1v) is 8.52. The van der Waals surface area contributed by atoms with Gasteiger partial charge < -0.3 is 19.5 Å². The van der Waals surface area contributed by atoms with E-state index in [-0.39, 0.29) is 19.1 Å². The predicted octanol–water partition coefficient (Wildman–Crippen LogP) is 2.88. The van der Waals surface area contributed by atoms with Crippen LogP contribution >= 0.6 is 0 Å². The number of benzene rings is 2. The molecule has 6 nitrogen and oxygen atoms in total. The third-order valence-corrected chi connectivity index (χ3v) is 4.12. The van der Waals surface area contributed by atoms with Crippen molar-refractivity contribution >= 4 is 17.6 Å². The lowest BCUT2D eigenvalue weighted by Gasteiger charge is -2.24. The second-order valence-corrected chi connectivity index (χ2v) is 5.98. The first kappa shape index (κ1) is 17.8. The zero-order valence-corrected chi connectivity index (χ0v) is 14.8. The Morgan fingerprint density at radius 2 is 1.92 bits per heavy atom. The van der Waals surface area contributed by atoms with Gasteiger partial charge in [-0.15, -0.1) is 0 Å². The summed E-state index contributed by atoms with van der Waals surface area (Å²) in [7, 11) is 0. The van der Waals surface area contributed by atoms with Gasteiger partial charge in [-0.2, -0.15) is 0 Å². The number of rotatable bonds is 5. The van der Waals surface area contributed by atoms with Crippen LogP contribution in [0.1, 0.15) is 18.1 Å². The highest BCUT2D eigenvalue weighted by Crippen LogP contribution is 2.31. The van der Waals surface area contributed by atoms with Crippen molar-refractivity contribution in [1.82, 2.24) is 0 Å². The number of nitrogens with one attached hydrogen (secondary N) is 1. The molecule has 1 amide bonds. The molecule has 0 saturated carbocycles. The molecule has 3 rings (SSSR count). The lowest BCUT2D eigenvalue weighted by Crippen LogP contribution is -2.39. The minimum Gasteiger partial charge on any atom is -0.485 e. The summed E-state index contributed by atoms with van der Waals surface area (Å²) in [5.74, 6) is 0.0493. The third-order valence-electron chi connectivity index (χ3n) is 4.12. The third kappa shape index (κ3) is 3.96. The van der Waals surface area contributed by atoms with Gasteiger partial charge in [-0.3, -0.25) is 4.79 Å². The average molecular weight is 355 g/mol. The van der Waals surface area contributed by atoms with Crippen molar-refractivity contribution in [3.8, 4) is 11.5 Å². The van der Waals surface area contributed by atoms with Gasteiger partial charge in [0, 0.05) is 5.69 Å². The van der Waals surface area contributed by atoms with Gasteiger partial charge in [-0.05, 0) is 36.6 Å². The molecule has 1 heterocycles. The number of anilines is 1. The first-order chi connectivity index (χ1) is 12.6. The first-order valence-electron chi connectivity index (χ1n) is 8.52. The van der Waals surface area contributed by atoms with Crippen LogP contribution in [0, 0.1) is 6.92 Å². The van der Waals surface area contributed by atoms with E-state index in [0.717, 1.165) is 23.2 Å². The Kier molecular flexibility index (Phi) is 5.41. The summed E-state index contributed by atoms with van der Waals surface area (Å²) in [6.45, 7) is 3.61. The van der Waals surface area contributed by atoms with Crippen molar-refractivity contribution in [1.29, 1.82) is 0 Å². The number of hydrogen-bond donors (Lipinski definition) is 1. The van der Waals surface area contributed by atoms with Gasteiger partial charge in [-0.1, -0.05) is 37.3 Å². The van der Waals surface area contributed by atoms with Crippen LogP contribution < -0.4 is 14.8 Å². The number of hydrogen-bond acceptors (Lipinski definition) is 5. The zero-order valence-electron chi connectivity index (χ0n) is 14.8. The van der Waals surface area contributed by atoms with Crippen LogP contribution in [0.3, 0.4) is 0 Å². The molecule has 1 atom stereocenters. The number of aryl methyl sites for hydroxylation is 2. The Hall–Kier alpha value is -3.02. The number of carbonyl (C=O) groups is 2. The van der Waals surface area contributed by atoms with Crippen LogP contribution in [0.25, 0.3) is 0 Å². The SMILES string of the molecule is CCc1cccc(C)c1NC(=O)COC(=O)[C@H]1COc2ccccc2O1. The standard InChI is InChI=1S/C20H21NO5/c1-3-14-8-6-7-13(2)19(14)21-18(22)12-25-20(23)17-11-24-15-9-4-5-10-16(15)26-17/h4-10,17H,3,11-12H2,1-2H3,(H,21,22)/t17-/m1/s1. The van der Waals surface area contributed by atoms with Crippen molar-refractivity contribution in [2.75, 3.05) is 18.5 Å². The van der Waals surface area contributed by atoms with E-state index >= 15 is 0 Å². The molecule has 0 fully saturated rings. The molecule has 0 aliphatic carbocycles. The molecule has 1 aliphatic heterocycles. The van der Waals surface area contributed by atoms with Gasteiger partial charge >= 0.3 is 5.97 Å². The fourth-order valence-electron chi connectivity index (χ4n) is 2.74. The van der Waals surface area contributed by atoms with E-state index in [9.17, 15) is 9.59 Å². The van der Waals surface area contributed by atoms with E-state index in [1.165, 1.54) is 0 Å². The maximum Gasteiger partial charge on any atom is 0.351 e. The molecule has 1 N–H and O–H groups in total. The number of para-hydroxylation sites is 3. The number of carbonyl (C=O) groups excluding carboxylic acids is 2. The van der Waals surface area contributed by atoms with Crippen LogP contribution in [0.2, 0.25) is 0 Å². The lowest BCUT2D eigenvalue weighted by atomic mass is 10.1. The van der Waals surface area contributed by atoms with Crippen molar-refractivity contribution in [3.63, 3.8) is 0 Å². The Morgan fingerprint density at radius 1 is 1.15 bits per heavy atom. The molecule has 1 aliphatic rings. The molecule has 6 heteroatoms. The van der Waals surface area contributed by atoms with Gasteiger partial charge in [0.25, 0.3) is 5.91 Å². The van der Waals surface area contributed by atoms with Crippen LogP contribution in [-0.2, 0) is 20.7 Å². The molecular weight excluding hydrogens is 334 g/mol. The van der Waals surface area contributed by atoms with Gasteiger partial charge in [0.05, 0.1) is 0 Å². The van der Waals surface area contributed by atoms with Crippen LogP contribution in [0.5, 0.6) is 11.5 Å². The smallest absolute Gasteiger partial charge is 0.351 e. The summed E-state index contributed by atoms with van der Waals surface area (Å²) in [6, 6.07) is 12.9. The molecule has 0 radical (unpaired) electrons. The van der Waals surface area contributed by atoms with E-state index in [2.05, 4.69) is 5.32 Å². The molecule has 0 unspecified atom stereocenters. The fourth-order valence-corrected chi connectivity index (χ4v) is 2.74. The van der Waals surface area contributed by atoms with Crippen molar-refractivity contribution < 1.29 is 23.8 Å². The summed E-state index contributed by atoms with van der Waals surface area (Å²) in [6.07, 6.45) is -0.0913. The minimum atomic E-state index is -0.887. The monoisotopic (exact) mass is 355 g/mol. The van der Waals surface area contributed by atoms with Crippen LogP contribution in [-0.4, -0.2) is 31.2 Å².